The number of ether oxygens (including phenoxy) is 2. The van der Waals surface area contributed by atoms with E-state index in [4.69, 9.17) is 14.6 Å². The van der Waals surface area contributed by atoms with Gasteiger partial charge in [-0.2, -0.15) is 0 Å². The minimum absolute atomic E-state index is 0.0242. The largest absolute Gasteiger partial charge is 0.489 e. The maximum absolute atomic E-state index is 11.1. The van der Waals surface area contributed by atoms with Gasteiger partial charge in [-0.25, -0.2) is 4.79 Å². The molecule has 2 N–H and O–H groups in total. The first-order valence-corrected chi connectivity index (χ1v) is 6.55. The van der Waals surface area contributed by atoms with Gasteiger partial charge in [-0.05, 0) is 12.5 Å². The third-order valence-corrected chi connectivity index (χ3v) is 3.39. The molecule has 0 saturated heterocycles. The molecule has 0 aliphatic carbocycles. The summed E-state index contributed by atoms with van der Waals surface area (Å²) in [6.45, 7) is 2.22. The predicted octanol–water partition coefficient (Wildman–Crippen LogP) is 1.78. The van der Waals surface area contributed by atoms with E-state index >= 15 is 0 Å². The molecule has 0 amide bonds. The van der Waals surface area contributed by atoms with Gasteiger partial charge in [-0.15, -0.1) is 11.3 Å². The molecule has 0 aromatic carbocycles. The molecule has 6 heteroatoms. The van der Waals surface area contributed by atoms with Crippen molar-refractivity contribution in [2.75, 3.05) is 20.3 Å². The highest BCUT2D eigenvalue weighted by Crippen LogP contribution is 2.30. The molecule has 5 nitrogen and oxygen atoms in total. The molecule has 0 aliphatic heterocycles. The van der Waals surface area contributed by atoms with Gasteiger partial charge in [0.15, 0.2) is 4.88 Å². The van der Waals surface area contributed by atoms with E-state index in [9.17, 15) is 9.90 Å². The number of aryl methyl sites for hydroxylation is 1. The molecule has 1 rings (SSSR count). The number of aromatic carboxylic acids is 1. The first-order chi connectivity index (χ1) is 8.58. The quantitative estimate of drug-likeness (QED) is 0.755. The summed E-state index contributed by atoms with van der Waals surface area (Å²) in [6.07, 6.45) is 1.02. The third kappa shape index (κ3) is 4.29. The lowest BCUT2D eigenvalue weighted by Crippen LogP contribution is -2.22. The summed E-state index contributed by atoms with van der Waals surface area (Å²) in [5, 5.41) is 18.5. The van der Waals surface area contributed by atoms with Crippen molar-refractivity contribution in [3.8, 4) is 5.75 Å². The smallest absolute Gasteiger partial charge is 0.349 e. The molecule has 0 radical (unpaired) electrons. The van der Waals surface area contributed by atoms with Gasteiger partial charge in [-0.3, -0.25) is 0 Å². The summed E-state index contributed by atoms with van der Waals surface area (Å²) in [6, 6.07) is 1.73. The highest BCUT2D eigenvalue weighted by Gasteiger charge is 2.17. The summed E-state index contributed by atoms with van der Waals surface area (Å²) in [7, 11) is 1.48. The monoisotopic (exact) mass is 274 g/mol. The Morgan fingerprint density at radius 3 is 2.78 bits per heavy atom. The van der Waals surface area contributed by atoms with Crippen LogP contribution in [0.25, 0.3) is 0 Å². The first-order valence-electron chi connectivity index (χ1n) is 5.74. The van der Waals surface area contributed by atoms with Crippen LogP contribution in [-0.2, 0) is 11.2 Å². The lowest BCUT2D eigenvalue weighted by molar-refractivity contribution is 0.0321. The van der Waals surface area contributed by atoms with Crippen LogP contribution >= 0.6 is 11.3 Å². The lowest BCUT2D eigenvalue weighted by Gasteiger charge is -2.10. The zero-order chi connectivity index (χ0) is 13.5. The van der Waals surface area contributed by atoms with Gasteiger partial charge in [0, 0.05) is 12.0 Å². The average molecular weight is 274 g/mol. The minimum atomic E-state index is -1.00. The molecule has 0 saturated carbocycles. The van der Waals surface area contributed by atoms with E-state index in [1.54, 1.807) is 6.07 Å². The fourth-order valence-electron chi connectivity index (χ4n) is 1.47. The minimum Gasteiger partial charge on any atom is -0.489 e. The van der Waals surface area contributed by atoms with Crippen LogP contribution in [0.5, 0.6) is 5.75 Å². The number of rotatable bonds is 8. The molecule has 18 heavy (non-hydrogen) atoms. The number of carboxylic acids is 1. The van der Waals surface area contributed by atoms with Crippen molar-refractivity contribution >= 4 is 17.3 Å². The van der Waals surface area contributed by atoms with Crippen LogP contribution in [0.4, 0.5) is 0 Å². The number of carbonyl (C=O) groups is 1. The van der Waals surface area contributed by atoms with Gasteiger partial charge in [-0.1, -0.05) is 13.3 Å². The molecule has 0 fully saturated rings. The Balaban J connectivity index is 2.70. The normalized spacial score (nSPS) is 12.4. The molecule has 1 aromatic rings. The van der Waals surface area contributed by atoms with Crippen LogP contribution in [0.15, 0.2) is 6.07 Å². The van der Waals surface area contributed by atoms with E-state index in [0.717, 1.165) is 17.7 Å². The van der Waals surface area contributed by atoms with Gasteiger partial charge in [0.25, 0.3) is 0 Å². The summed E-state index contributed by atoms with van der Waals surface area (Å²) < 4.78 is 10.1. The van der Waals surface area contributed by atoms with Crippen LogP contribution in [0.3, 0.4) is 0 Å². The maximum Gasteiger partial charge on any atom is 0.349 e. The van der Waals surface area contributed by atoms with Crippen molar-refractivity contribution in [2.24, 2.45) is 0 Å². The van der Waals surface area contributed by atoms with E-state index in [0.29, 0.717) is 5.75 Å². The number of methoxy groups -OCH3 is 1. The van der Waals surface area contributed by atoms with Crippen molar-refractivity contribution in [3.63, 3.8) is 0 Å². The van der Waals surface area contributed by atoms with Crippen molar-refractivity contribution in [1.82, 2.24) is 0 Å². The Kier molecular flexibility index (Phi) is 6.11. The standard InChI is InChI=1S/C12H18O5S/c1-3-4-9-5-10(11(18-9)12(14)15)17-7-8(13)6-16-2/h5,8,13H,3-4,6-7H2,1-2H3,(H,14,15). The number of aliphatic hydroxyl groups is 1. The molecule has 0 spiro atoms. The molecule has 1 aromatic heterocycles. The van der Waals surface area contributed by atoms with Crippen molar-refractivity contribution < 1.29 is 24.5 Å². The Morgan fingerprint density at radius 1 is 1.50 bits per heavy atom. The first kappa shape index (κ1) is 14.9. The molecule has 1 atom stereocenters. The van der Waals surface area contributed by atoms with E-state index in [2.05, 4.69) is 0 Å². The van der Waals surface area contributed by atoms with Gasteiger partial charge in [0.1, 0.15) is 18.5 Å². The number of hydrogen-bond acceptors (Lipinski definition) is 5. The summed E-state index contributed by atoms with van der Waals surface area (Å²) in [4.78, 5) is 12.2. The fraction of sp³-hybridized carbons (Fsp3) is 0.583. The zero-order valence-electron chi connectivity index (χ0n) is 10.5. The molecule has 102 valence electrons. The van der Waals surface area contributed by atoms with Gasteiger partial charge >= 0.3 is 5.97 Å². The molecule has 1 unspecified atom stereocenters. The Labute approximate surface area is 110 Å². The maximum atomic E-state index is 11.1. The SMILES string of the molecule is CCCc1cc(OCC(O)COC)c(C(=O)O)s1. The van der Waals surface area contributed by atoms with E-state index < -0.39 is 12.1 Å². The zero-order valence-corrected chi connectivity index (χ0v) is 11.3. The molecule has 0 bridgehead atoms. The summed E-state index contributed by atoms with van der Waals surface area (Å²) in [5.41, 5.74) is 0. The highest BCUT2D eigenvalue weighted by molar-refractivity contribution is 7.14. The molecular formula is C12H18O5S. The second kappa shape index (κ2) is 7.35. The molecular weight excluding hydrogens is 256 g/mol. The Morgan fingerprint density at radius 2 is 2.22 bits per heavy atom. The van der Waals surface area contributed by atoms with Crippen LogP contribution in [0.2, 0.25) is 0 Å². The lowest BCUT2D eigenvalue weighted by atomic mass is 10.3. The summed E-state index contributed by atoms with van der Waals surface area (Å²) >= 11 is 1.22. The van der Waals surface area contributed by atoms with Gasteiger partial charge < -0.3 is 19.7 Å². The Hall–Kier alpha value is -1.11. The predicted molar refractivity (Wildman–Crippen MR) is 68.7 cm³/mol. The topological polar surface area (TPSA) is 76.0 Å². The van der Waals surface area contributed by atoms with Crippen LogP contribution in [-0.4, -0.2) is 42.6 Å². The fourth-order valence-corrected chi connectivity index (χ4v) is 2.52. The van der Waals surface area contributed by atoms with Crippen LogP contribution in [0.1, 0.15) is 27.9 Å². The Bertz CT molecular complexity index is 388. The van der Waals surface area contributed by atoms with E-state index in [1.165, 1.54) is 18.4 Å². The number of hydrogen-bond donors (Lipinski definition) is 2. The van der Waals surface area contributed by atoms with Crippen molar-refractivity contribution in [1.29, 1.82) is 0 Å². The number of thiophene rings is 1. The van der Waals surface area contributed by atoms with Crippen LogP contribution < -0.4 is 4.74 Å². The second-order valence-electron chi connectivity index (χ2n) is 3.88. The molecule has 1 heterocycles. The third-order valence-electron chi connectivity index (χ3n) is 2.23. The number of aliphatic hydroxyl groups excluding tert-OH is 1. The van der Waals surface area contributed by atoms with E-state index in [-0.39, 0.29) is 18.1 Å². The second-order valence-corrected chi connectivity index (χ2v) is 5.02. The van der Waals surface area contributed by atoms with Crippen molar-refractivity contribution in [2.45, 2.75) is 25.9 Å². The molecule has 0 aliphatic rings. The van der Waals surface area contributed by atoms with E-state index in [1.807, 2.05) is 6.92 Å². The van der Waals surface area contributed by atoms with Crippen LogP contribution in [0, 0.1) is 0 Å². The van der Waals surface area contributed by atoms with Crippen molar-refractivity contribution in [3.05, 3.63) is 15.8 Å². The van der Waals surface area contributed by atoms with Gasteiger partial charge in [0.2, 0.25) is 0 Å². The average Bonchev–Trinajstić information content (AvgIpc) is 2.71. The summed E-state index contributed by atoms with van der Waals surface area (Å²) in [5.74, 6) is -0.676. The highest BCUT2D eigenvalue weighted by atomic mass is 32.1. The van der Waals surface area contributed by atoms with Gasteiger partial charge in [0.05, 0.1) is 6.61 Å². The number of carboxylic acid groups (broad SMARTS) is 1.